The van der Waals surface area contributed by atoms with Crippen molar-refractivity contribution in [1.29, 1.82) is 0 Å². The van der Waals surface area contributed by atoms with Crippen LogP contribution in [-0.2, 0) is 4.79 Å². The monoisotopic (exact) mass is 273 g/mol. The van der Waals surface area contributed by atoms with Crippen molar-refractivity contribution < 1.29 is 9.21 Å². The van der Waals surface area contributed by atoms with Crippen LogP contribution in [0.3, 0.4) is 0 Å². The molecule has 5 heteroatoms. The highest BCUT2D eigenvalue weighted by molar-refractivity contribution is 8.14. The van der Waals surface area contributed by atoms with E-state index in [9.17, 15) is 4.79 Å². The Labute approximate surface area is 111 Å². The molecule has 1 unspecified atom stereocenters. The van der Waals surface area contributed by atoms with Crippen molar-refractivity contribution in [3.8, 4) is 0 Å². The first-order valence-corrected chi connectivity index (χ1v) is 6.24. The van der Waals surface area contributed by atoms with Crippen LogP contribution in [0.1, 0.15) is 18.9 Å². The van der Waals surface area contributed by atoms with Crippen molar-refractivity contribution in [1.82, 2.24) is 5.32 Å². The molecule has 1 aromatic rings. The van der Waals surface area contributed by atoms with E-state index in [0.717, 1.165) is 25.1 Å². The fourth-order valence-electron chi connectivity index (χ4n) is 1.82. The number of carbonyl (C=O) groups is 1. The number of hydrogen-bond acceptors (Lipinski definition) is 4. The van der Waals surface area contributed by atoms with Gasteiger partial charge >= 0.3 is 0 Å². The molecule has 1 fully saturated rings. The topological polar surface area (TPSA) is 42.2 Å². The molecule has 94 valence electrons. The summed E-state index contributed by atoms with van der Waals surface area (Å²) < 4.78 is 5.03. The van der Waals surface area contributed by atoms with Crippen LogP contribution in [0, 0.1) is 0 Å². The highest BCUT2D eigenvalue weighted by Gasteiger charge is 2.20. The Balaban J connectivity index is 0.00000144. The largest absolute Gasteiger partial charge is 0.472 e. The molecule has 1 aliphatic heterocycles. The number of rotatable bonds is 2. The number of thioether (sulfide) groups is 1. The summed E-state index contributed by atoms with van der Waals surface area (Å²) in [5.41, 5.74) is 2.33. The van der Waals surface area contributed by atoms with Crippen LogP contribution in [0.4, 0.5) is 0 Å². The molecule has 3 nitrogen and oxygen atoms in total. The molecule has 1 aliphatic rings. The predicted molar refractivity (Wildman–Crippen MR) is 73.5 cm³/mol. The SMILES string of the molecule is CC(=O)SC1CCNCC1=Cc1ccoc1.Cl. The average Bonchev–Trinajstić information content (AvgIpc) is 2.73. The maximum Gasteiger partial charge on any atom is 0.186 e. The summed E-state index contributed by atoms with van der Waals surface area (Å²) in [4.78, 5) is 11.2. The molecule has 0 saturated carbocycles. The molecular weight excluding hydrogens is 258 g/mol. The standard InChI is InChI=1S/C12H15NO2S.ClH/c1-9(14)16-12-2-4-13-7-11(12)6-10-3-5-15-8-10;/h3,5-6,8,12-13H,2,4,7H2,1H3;1H. The first kappa shape index (κ1) is 14.4. The zero-order chi connectivity index (χ0) is 11.4. The highest BCUT2D eigenvalue weighted by atomic mass is 35.5. The predicted octanol–water partition coefficient (Wildman–Crippen LogP) is 2.73. The van der Waals surface area contributed by atoms with Gasteiger partial charge in [0.15, 0.2) is 5.12 Å². The van der Waals surface area contributed by atoms with Crippen molar-refractivity contribution in [2.75, 3.05) is 13.1 Å². The summed E-state index contributed by atoms with van der Waals surface area (Å²) in [7, 11) is 0. The average molecular weight is 274 g/mol. The smallest absolute Gasteiger partial charge is 0.186 e. The minimum absolute atomic E-state index is 0. The van der Waals surface area contributed by atoms with E-state index in [0.29, 0.717) is 5.25 Å². The summed E-state index contributed by atoms with van der Waals surface area (Å²) in [6.07, 6.45) is 6.50. The Kier molecular flexibility index (Phi) is 5.82. The van der Waals surface area contributed by atoms with E-state index in [2.05, 4.69) is 11.4 Å². The summed E-state index contributed by atoms with van der Waals surface area (Å²) in [6, 6.07) is 1.93. The molecule has 0 aromatic carbocycles. The molecule has 2 rings (SSSR count). The van der Waals surface area contributed by atoms with E-state index in [1.54, 1.807) is 19.5 Å². The van der Waals surface area contributed by atoms with Gasteiger partial charge in [-0.2, -0.15) is 0 Å². The van der Waals surface area contributed by atoms with E-state index in [1.807, 2.05) is 6.07 Å². The number of piperidine rings is 1. The molecule has 1 saturated heterocycles. The maximum absolute atomic E-state index is 11.2. The van der Waals surface area contributed by atoms with Gasteiger partial charge in [-0.3, -0.25) is 4.79 Å². The third kappa shape index (κ3) is 4.22. The van der Waals surface area contributed by atoms with Gasteiger partial charge in [-0.05, 0) is 24.6 Å². The van der Waals surface area contributed by atoms with Crippen molar-refractivity contribution in [2.45, 2.75) is 18.6 Å². The number of furan rings is 1. The van der Waals surface area contributed by atoms with E-state index in [4.69, 9.17) is 4.42 Å². The highest BCUT2D eigenvalue weighted by Crippen LogP contribution is 2.26. The third-order valence-electron chi connectivity index (χ3n) is 2.53. The molecule has 0 spiro atoms. The van der Waals surface area contributed by atoms with Gasteiger partial charge in [0.05, 0.1) is 12.5 Å². The molecule has 1 atom stereocenters. The van der Waals surface area contributed by atoms with Gasteiger partial charge in [-0.25, -0.2) is 0 Å². The lowest BCUT2D eigenvalue weighted by molar-refractivity contribution is -0.109. The van der Waals surface area contributed by atoms with E-state index in [1.165, 1.54) is 17.3 Å². The molecular formula is C12H16ClNO2S. The normalized spacial score (nSPS) is 22.2. The lowest BCUT2D eigenvalue weighted by Gasteiger charge is -2.24. The van der Waals surface area contributed by atoms with Crippen LogP contribution in [0.25, 0.3) is 6.08 Å². The number of halogens is 1. The summed E-state index contributed by atoms with van der Waals surface area (Å²) in [5, 5.41) is 3.83. The number of nitrogens with one attached hydrogen (secondary N) is 1. The van der Waals surface area contributed by atoms with Crippen LogP contribution in [-0.4, -0.2) is 23.5 Å². The maximum atomic E-state index is 11.2. The van der Waals surface area contributed by atoms with Crippen LogP contribution < -0.4 is 5.32 Å². The fourth-order valence-corrected chi connectivity index (χ4v) is 2.75. The summed E-state index contributed by atoms with van der Waals surface area (Å²) in [6.45, 7) is 3.46. The van der Waals surface area contributed by atoms with Crippen molar-refractivity contribution in [3.63, 3.8) is 0 Å². The third-order valence-corrected chi connectivity index (χ3v) is 3.68. The van der Waals surface area contributed by atoms with Gasteiger partial charge in [0.1, 0.15) is 0 Å². The molecule has 1 N–H and O–H groups in total. The molecule has 0 radical (unpaired) electrons. The minimum Gasteiger partial charge on any atom is -0.472 e. The van der Waals surface area contributed by atoms with Crippen molar-refractivity contribution in [2.24, 2.45) is 0 Å². The zero-order valence-electron chi connectivity index (χ0n) is 9.64. The first-order chi connectivity index (χ1) is 7.75. The van der Waals surface area contributed by atoms with Crippen LogP contribution >= 0.6 is 24.2 Å². The van der Waals surface area contributed by atoms with Crippen LogP contribution in [0.5, 0.6) is 0 Å². The lowest BCUT2D eigenvalue weighted by atomic mass is 10.0. The molecule has 1 aromatic heterocycles. The molecule has 0 amide bonds. The van der Waals surface area contributed by atoms with E-state index < -0.39 is 0 Å². The van der Waals surface area contributed by atoms with Gasteiger partial charge in [-0.15, -0.1) is 12.4 Å². The Morgan fingerprint density at radius 1 is 1.65 bits per heavy atom. The van der Waals surface area contributed by atoms with Crippen molar-refractivity contribution >= 4 is 35.4 Å². The van der Waals surface area contributed by atoms with Gasteiger partial charge in [0.2, 0.25) is 0 Å². The van der Waals surface area contributed by atoms with Gasteiger partial charge in [-0.1, -0.05) is 17.8 Å². The van der Waals surface area contributed by atoms with E-state index in [-0.39, 0.29) is 17.5 Å². The zero-order valence-corrected chi connectivity index (χ0v) is 11.3. The van der Waals surface area contributed by atoms with E-state index >= 15 is 0 Å². The Bertz CT molecular complexity index is 389. The minimum atomic E-state index is 0. The summed E-state index contributed by atoms with van der Waals surface area (Å²) >= 11 is 1.43. The quantitative estimate of drug-likeness (QED) is 0.900. The number of hydrogen-bond donors (Lipinski definition) is 1. The second kappa shape index (κ2) is 6.89. The molecule has 0 bridgehead atoms. The summed E-state index contributed by atoms with van der Waals surface area (Å²) in [5.74, 6) is 0. The fraction of sp³-hybridized carbons (Fsp3) is 0.417. The number of carbonyl (C=O) groups excluding carboxylic acids is 1. The Morgan fingerprint density at radius 3 is 3.12 bits per heavy atom. The van der Waals surface area contributed by atoms with Gasteiger partial charge < -0.3 is 9.73 Å². The van der Waals surface area contributed by atoms with Crippen LogP contribution in [0.2, 0.25) is 0 Å². The second-order valence-electron chi connectivity index (χ2n) is 3.84. The molecule has 2 heterocycles. The Morgan fingerprint density at radius 2 is 2.47 bits per heavy atom. The van der Waals surface area contributed by atoms with Gasteiger partial charge in [0, 0.05) is 24.3 Å². The van der Waals surface area contributed by atoms with Crippen molar-refractivity contribution in [3.05, 3.63) is 29.7 Å². The van der Waals surface area contributed by atoms with Crippen LogP contribution in [0.15, 0.2) is 28.6 Å². The Hall–Kier alpha value is -0.710. The lowest BCUT2D eigenvalue weighted by Crippen LogP contribution is -2.32. The van der Waals surface area contributed by atoms with Gasteiger partial charge in [0.25, 0.3) is 0 Å². The molecule has 0 aliphatic carbocycles. The molecule has 17 heavy (non-hydrogen) atoms. The second-order valence-corrected chi connectivity index (χ2v) is 5.22. The first-order valence-electron chi connectivity index (χ1n) is 5.36.